The Balaban J connectivity index is 2.87. The van der Waals surface area contributed by atoms with E-state index in [0.717, 1.165) is 11.8 Å². The van der Waals surface area contributed by atoms with Gasteiger partial charge < -0.3 is 11.1 Å². The molecule has 0 saturated carbocycles. The van der Waals surface area contributed by atoms with E-state index in [1.54, 1.807) is 12.1 Å². The third-order valence-corrected chi connectivity index (χ3v) is 1.98. The van der Waals surface area contributed by atoms with Crippen LogP contribution >= 0.6 is 0 Å². The van der Waals surface area contributed by atoms with Gasteiger partial charge in [-0.1, -0.05) is 6.07 Å². The number of benzene rings is 1. The Kier molecular flexibility index (Phi) is 4.00. The highest BCUT2D eigenvalue weighted by Crippen LogP contribution is 2.15. The minimum absolute atomic E-state index is 0.175. The van der Waals surface area contributed by atoms with Crippen molar-refractivity contribution < 1.29 is 9.59 Å². The second-order valence-electron chi connectivity index (χ2n) is 3.30. The minimum Gasteiger partial charge on any atom is -0.330 e. The van der Waals surface area contributed by atoms with Gasteiger partial charge >= 0.3 is 0 Å². The van der Waals surface area contributed by atoms with Crippen LogP contribution in [0, 0.1) is 6.92 Å². The lowest BCUT2D eigenvalue weighted by atomic mass is 10.1. The van der Waals surface area contributed by atoms with Gasteiger partial charge in [0.25, 0.3) is 0 Å². The molecule has 0 spiro atoms. The first-order valence-electron chi connectivity index (χ1n) is 4.73. The molecule has 15 heavy (non-hydrogen) atoms. The van der Waals surface area contributed by atoms with Crippen molar-refractivity contribution in [2.75, 3.05) is 11.9 Å². The van der Waals surface area contributed by atoms with E-state index in [1.807, 2.05) is 13.0 Å². The van der Waals surface area contributed by atoms with Crippen LogP contribution in [0.5, 0.6) is 0 Å². The summed E-state index contributed by atoms with van der Waals surface area (Å²) >= 11 is 0. The highest BCUT2D eigenvalue weighted by Gasteiger charge is 2.05. The zero-order valence-electron chi connectivity index (χ0n) is 8.62. The van der Waals surface area contributed by atoms with E-state index in [-0.39, 0.29) is 12.3 Å². The fourth-order valence-electron chi connectivity index (χ4n) is 1.22. The summed E-state index contributed by atoms with van der Waals surface area (Å²) in [5.41, 5.74) is 7.27. The molecule has 1 rings (SSSR count). The molecule has 0 unspecified atom stereocenters. The lowest BCUT2D eigenvalue weighted by Gasteiger charge is -2.07. The maximum atomic E-state index is 11.3. The number of aryl methyl sites for hydroxylation is 1. The molecule has 1 aromatic rings. The van der Waals surface area contributed by atoms with Crippen LogP contribution in [0.15, 0.2) is 18.2 Å². The smallest absolute Gasteiger partial charge is 0.225 e. The van der Waals surface area contributed by atoms with Gasteiger partial charge in [0.2, 0.25) is 5.91 Å². The van der Waals surface area contributed by atoms with Crippen molar-refractivity contribution in [1.29, 1.82) is 0 Å². The maximum absolute atomic E-state index is 11.3. The number of hydrogen-bond donors (Lipinski definition) is 2. The SMILES string of the molecule is Cc1ccc(C=O)c(NC(=O)CCN)c1. The van der Waals surface area contributed by atoms with Gasteiger partial charge in [0.15, 0.2) is 6.29 Å². The van der Waals surface area contributed by atoms with Crippen molar-refractivity contribution in [3.8, 4) is 0 Å². The Bertz CT molecular complexity index is 375. The fraction of sp³-hybridized carbons (Fsp3) is 0.273. The molecule has 1 aromatic carbocycles. The van der Waals surface area contributed by atoms with E-state index in [1.165, 1.54) is 0 Å². The summed E-state index contributed by atoms with van der Waals surface area (Å²) in [6.45, 7) is 2.20. The number of carbonyl (C=O) groups is 2. The second kappa shape index (κ2) is 5.26. The molecule has 1 amide bonds. The summed E-state index contributed by atoms with van der Waals surface area (Å²) in [5.74, 6) is -0.175. The van der Waals surface area contributed by atoms with E-state index in [2.05, 4.69) is 5.32 Å². The molecule has 3 N–H and O–H groups in total. The van der Waals surface area contributed by atoms with E-state index < -0.39 is 0 Å². The third kappa shape index (κ3) is 3.18. The lowest BCUT2D eigenvalue weighted by Crippen LogP contribution is -2.17. The topological polar surface area (TPSA) is 72.2 Å². The van der Waals surface area contributed by atoms with Crippen LogP contribution in [-0.4, -0.2) is 18.7 Å². The van der Waals surface area contributed by atoms with Gasteiger partial charge in [-0.15, -0.1) is 0 Å². The van der Waals surface area contributed by atoms with Crippen molar-refractivity contribution >= 4 is 17.9 Å². The van der Waals surface area contributed by atoms with Gasteiger partial charge in [-0.3, -0.25) is 9.59 Å². The molecule has 80 valence electrons. The Morgan fingerprint density at radius 1 is 1.53 bits per heavy atom. The molecule has 0 bridgehead atoms. The summed E-state index contributed by atoms with van der Waals surface area (Å²) in [4.78, 5) is 22.0. The quantitative estimate of drug-likeness (QED) is 0.724. The van der Waals surface area contributed by atoms with Gasteiger partial charge in [0, 0.05) is 18.5 Å². The number of nitrogens with one attached hydrogen (secondary N) is 1. The van der Waals surface area contributed by atoms with Crippen LogP contribution in [0.3, 0.4) is 0 Å². The molecule has 0 radical (unpaired) electrons. The molecule has 0 aliphatic heterocycles. The Morgan fingerprint density at radius 2 is 2.27 bits per heavy atom. The van der Waals surface area contributed by atoms with Crippen molar-refractivity contribution in [1.82, 2.24) is 0 Å². The molecule has 0 heterocycles. The van der Waals surface area contributed by atoms with E-state index in [0.29, 0.717) is 17.8 Å². The van der Waals surface area contributed by atoms with Crippen LogP contribution in [0.2, 0.25) is 0 Å². The first kappa shape index (κ1) is 11.4. The molecular formula is C11H14N2O2. The third-order valence-electron chi connectivity index (χ3n) is 1.98. The number of rotatable bonds is 4. The average Bonchev–Trinajstić information content (AvgIpc) is 2.18. The minimum atomic E-state index is -0.175. The highest BCUT2D eigenvalue weighted by molar-refractivity contribution is 5.96. The number of aldehydes is 1. The summed E-state index contributed by atoms with van der Waals surface area (Å²) in [6, 6.07) is 5.26. The van der Waals surface area contributed by atoms with Crippen LogP contribution in [0.4, 0.5) is 5.69 Å². The highest BCUT2D eigenvalue weighted by atomic mass is 16.1. The van der Waals surface area contributed by atoms with Crippen LogP contribution in [0.25, 0.3) is 0 Å². The van der Waals surface area contributed by atoms with E-state index in [4.69, 9.17) is 5.73 Å². The van der Waals surface area contributed by atoms with Crippen molar-refractivity contribution in [3.05, 3.63) is 29.3 Å². The summed E-state index contributed by atoms with van der Waals surface area (Å²) in [5, 5.41) is 2.65. The van der Waals surface area contributed by atoms with Gasteiger partial charge in [0.05, 0.1) is 5.69 Å². The summed E-state index contributed by atoms with van der Waals surface area (Å²) < 4.78 is 0. The van der Waals surface area contributed by atoms with Gasteiger partial charge in [0.1, 0.15) is 0 Å². The van der Waals surface area contributed by atoms with Crippen molar-refractivity contribution in [3.63, 3.8) is 0 Å². The maximum Gasteiger partial charge on any atom is 0.225 e. The molecule has 0 aliphatic rings. The number of hydrogen-bond acceptors (Lipinski definition) is 3. The molecule has 0 fully saturated rings. The zero-order chi connectivity index (χ0) is 11.3. The normalized spacial score (nSPS) is 9.73. The first-order chi connectivity index (χ1) is 7.17. The molecule has 4 nitrogen and oxygen atoms in total. The number of nitrogens with two attached hydrogens (primary N) is 1. The Labute approximate surface area is 88.5 Å². The largest absolute Gasteiger partial charge is 0.330 e. The predicted molar refractivity (Wildman–Crippen MR) is 58.9 cm³/mol. The molecular weight excluding hydrogens is 192 g/mol. The number of carbonyl (C=O) groups excluding carboxylic acids is 2. The van der Waals surface area contributed by atoms with Gasteiger partial charge in [-0.05, 0) is 24.6 Å². The standard InChI is InChI=1S/C11H14N2O2/c1-8-2-3-9(7-14)10(6-8)13-11(15)4-5-12/h2-3,6-7H,4-5,12H2,1H3,(H,13,15). The van der Waals surface area contributed by atoms with Crippen molar-refractivity contribution in [2.45, 2.75) is 13.3 Å². The summed E-state index contributed by atoms with van der Waals surface area (Å²) in [7, 11) is 0. The van der Waals surface area contributed by atoms with Crippen LogP contribution in [0.1, 0.15) is 22.3 Å². The number of anilines is 1. The molecule has 0 aliphatic carbocycles. The van der Waals surface area contributed by atoms with E-state index in [9.17, 15) is 9.59 Å². The second-order valence-corrected chi connectivity index (χ2v) is 3.30. The Morgan fingerprint density at radius 3 is 2.87 bits per heavy atom. The molecule has 0 atom stereocenters. The molecule has 0 saturated heterocycles. The predicted octanol–water partition coefficient (Wildman–Crippen LogP) is 1.09. The lowest BCUT2D eigenvalue weighted by molar-refractivity contribution is -0.116. The van der Waals surface area contributed by atoms with E-state index >= 15 is 0 Å². The van der Waals surface area contributed by atoms with Crippen LogP contribution < -0.4 is 11.1 Å². The Hall–Kier alpha value is -1.68. The van der Waals surface area contributed by atoms with Crippen LogP contribution in [-0.2, 0) is 4.79 Å². The average molecular weight is 206 g/mol. The van der Waals surface area contributed by atoms with Crippen molar-refractivity contribution in [2.24, 2.45) is 5.73 Å². The molecule has 4 heteroatoms. The monoisotopic (exact) mass is 206 g/mol. The number of amides is 1. The fourth-order valence-corrected chi connectivity index (χ4v) is 1.22. The molecule has 0 aromatic heterocycles. The first-order valence-corrected chi connectivity index (χ1v) is 4.73. The van der Waals surface area contributed by atoms with Gasteiger partial charge in [-0.2, -0.15) is 0 Å². The summed E-state index contributed by atoms with van der Waals surface area (Å²) in [6.07, 6.45) is 0.976. The zero-order valence-corrected chi connectivity index (χ0v) is 8.62. The van der Waals surface area contributed by atoms with Gasteiger partial charge in [-0.25, -0.2) is 0 Å².